The number of carbonyl (C=O) groups is 1. The number of aryl methyl sites for hydroxylation is 1. The van der Waals surface area contributed by atoms with Crippen LogP contribution in [0.3, 0.4) is 0 Å². The van der Waals surface area contributed by atoms with Gasteiger partial charge in [0.1, 0.15) is 12.4 Å². The van der Waals surface area contributed by atoms with Gasteiger partial charge in [0.15, 0.2) is 0 Å². The number of halogens is 1. The van der Waals surface area contributed by atoms with Gasteiger partial charge in [-0.15, -0.1) is 0 Å². The lowest BCUT2D eigenvalue weighted by Gasteiger charge is -2.21. The molecule has 1 N–H and O–H groups in total. The van der Waals surface area contributed by atoms with Crippen molar-refractivity contribution < 1.29 is 17.6 Å². The summed E-state index contributed by atoms with van der Waals surface area (Å²) in [4.78, 5) is 12.5. The van der Waals surface area contributed by atoms with Gasteiger partial charge in [0, 0.05) is 22.6 Å². The standard InChI is InChI=1S/C25H29FN4O3S/c1-17(2)20-6-10-23(11-7-20)29(34(5,32)33)16-25(31)28-27-15-21-14-18(3)30(19(21)4)24-12-8-22(26)9-13-24/h6-15,17H,16H2,1-5H3,(H,28,31)/b27-15-. The first-order valence-corrected chi connectivity index (χ1v) is 12.7. The number of amides is 1. The molecular weight excluding hydrogens is 455 g/mol. The molecule has 0 fully saturated rings. The number of sulfonamides is 1. The van der Waals surface area contributed by atoms with Gasteiger partial charge in [0.2, 0.25) is 10.0 Å². The normalized spacial score (nSPS) is 11.9. The maximum atomic E-state index is 13.3. The molecule has 0 unspecified atom stereocenters. The highest BCUT2D eigenvalue weighted by Crippen LogP contribution is 2.22. The molecule has 0 atom stereocenters. The minimum atomic E-state index is -3.68. The van der Waals surface area contributed by atoms with Crippen LogP contribution in [0.15, 0.2) is 59.7 Å². The van der Waals surface area contributed by atoms with E-state index in [0.717, 1.165) is 38.8 Å². The lowest BCUT2D eigenvalue weighted by Crippen LogP contribution is -2.39. The van der Waals surface area contributed by atoms with Crippen LogP contribution >= 0.6 is 0 Å². The van der Waals surface area contributed by atoms with Gasteiger partial charge in [0.05, 0.1) is 18.2 Å². The lowest BCUT2D eigenvalue weighted by molar-refractivity contribution is -0.119. The Labute approximate surface area is 200 Å². The van der Waals surface area contributed by atoms with E-state index in [4.69, 9.17) is 0 Å². The molecule has 1 amide bonds. The topological polar surface area (TPSA) is 83.8 Å². The van der Waals surface area contributed by atoms with Crippen LogP contribution < -0.4 is 9.73 Å². The number of hydrogen-bond donors (Lipinski definition) is 1. The molecule has 0 spiro atoms. The Hall–Kier alpha value is -3.46. The van der Waals surface area contributed by atoms with E-state index in [-0.39, 0.29) is 5.82 Å². The van der Waals surface area contributed by atoms with E-state index in [1.54, 1.807) is 24.3 Å². The highest BCUT2D eigenvalue weighted by molar-refractivity contribution is 7.92. The summed E-state index contributed by atoms with van der Waals surface area (Å²) in [6.07, 6.45) is 2.56. The Morgan fingerprint density at radius 3 is 2.29 bits per heavy atom. The first kappa shape index (κ1) is 25.2. The van der Waals surface area contributed by atoms with Crippen molar-refractivity contribution in [3.05, 3.63) is 82.9 Å². The minimum Gasteiger partial charge on any atom is -0.318 e. The van der Waals surface area contributed by atoms with Gasteiger partial charge in [-0.05, 0) is 67.8 Å². The van der Waals surface area contributed by atoms with Crippen LogP contribution in [0.25, 0.3) is 5.69 Å². The van der Waals surface area contributed by atoms with E-state index >= 15 is 0 Å². The van der Waals surface area contributed by atoms with Crippen LogP contribution in [0.1, 0.15) is 42.3 Å². The molecule has 0 saturated heterocycles. The molecule has 0 aliphatic carbocycles. The first-order valence-electron chi connectivity index (χ1n) is 10.8. The second kappa shape index (κ2) is 10.2. The fourth-order valence-corrected chi connectivity index (χ4v) is 4.53. The molecule has 0 aliphatic rings. The third-order valence-electron chi connectivity index (χ3n) is 5.48. The Kier molecular flexibility index (Phi) is 7.56. The van der Waals surface area contributed by atoms with Gasteiger partial charge >= 0.3 is 0 Å². The summed E-state index contributed by atoms with van der Waals surface area (Å²) in [5, 5.41) is 4.01. The highest BCUT2D eigenvalue weighted by atomic mass is 32.2. The molecule has 34 heavy (non-hydrogen) atoms. The van der Waals surface area contributed by atoms with E-state index in [2.05, 4.69) is 10.5 Å². The first-order chi connectivity index (χ1) is 16.0. The number of benzene rings is 2. The number of hydrazone groups is 1. The van der Waals surface area contributed by atoms with Gasteiger partial charge in [-0.2, -0.15) is 5.10 Å². The molecule has 1 heterocycles. The SMILES string of the molecule is Cc1cc(/C=N\NC(=O)CN(c2ccc(C(C)C)cc2)S(C)(=O)=O)c(C)n1-c1ccc(F)cc1. The number of nitrogens with one attached hydrogen (secondary N) is 1. The Balaban J connectivity index is 1.72. The summed E-state index contributed by atoms with van der Waals surface area (Å²) in [6, 6.07) is 15.1. The maximum absolute atomic E-state index is 13.3. The summed E-state index contributed by atoms with van der Waals surface area (Å²) >= 11 is 0. The zero-order valence-electron chi connectivity index (χ0n) is 19.9. The van der Waals surface area contributed by atoms with Crippen molar-refractivity contribution in [2.24, 2.45) is 5.10 Å². The smallest absolute Gasteiger partial charge is 0.260 e. The van der Waals surface area contributed by atoms with Gasteiger partial charge in [-0.3, -0.25) is 9.10 Å². The van der Waals surface area contributed by atoms with Crippen molar-refractivity contribution in [1.82, 2.24) is 9.99 Å². The van der Waals surface area contributed by atoms with E-state index in [9.17, 15) is 17.6 Å². The van der Waals surface area contributed by atoms with Crippen molar-refractivity contribution in [3.63, 3.8) is 0 Å². The Bertz CT molecular complexity index is 1300. The predicted octanol–water partition coefficient (Wildman–Crippen LogP) is 4.27. The summed E-state index contributed by atoms with van der Waals surface area (Å²) in [7, 11) is -3.68. The summed E-state index contributed by atoms with van der Waals surface area (Å²) in [6.45, 7) is 7.51. The second-order valence-corrected chi connectivity index (χ2v) is 10.4. The number of carbonyl (C=O) groups excluding carboxylic acids is 1. The summed E-state index contributed by atoms with van der Waals surface area (Å²) in [5.74, 6) is -0.569. The van der Waals surface area contributed by atoms with Gasteiger partial charge in [0.25, 0.3) is 5.91 Å². The highest BCUT2D eigenvalue weighted by Gasteiger charge is 2.21. The van der Waals surface area contributed by atoms with Crippen molar-refractivity contribution in [3.8, 4) is 5.69 Å². The molecule has 7 nitrogen and oxygen atoms in total. The quantitative estimate of drug-likeness (QED) is 0.383. The fourth-order valence-electron chi connectivity index (χ4n) is 3.67. The molecule has 9 heteroatoms. The van der Waals surface area contributed by atoms with Crippen molar-refractivity contribution in [1.29, 1.82) is 0 Å². The molecule has 0 aliphatic heterocycles. The Morgan fingerprint density at radius 1 is 1.12 bits per heavy atom. The van der Waals surface area contributed by atoms with Crippen molar-refractivity contribution in [2.75, 3.05) is 17.1 Å². The molecule has 1 aromatic heterocycles. The molecule has 0 bridgehead atoms. The van der Waals surface area contributed by atoms with Crippen LogP contribution in [-0.2, 0) is 14.8 Å². The summed E-state index contributed by atoms with van der Waals surface area (Å²) < 4.78 is 40.9. The lowest BCUT2D eigenvalue weighted by atomic mass is 10.0. The minimum absolute atomic E-state index is 0.309. The van der Waals surface area contributed by atoms with Crippen LogP contribution in [-0.4, -0.2) is 37.9 Å². The number of hydrogen-bond acceptors (Lipinski definition) is 4. The molecule has 0 saturated carbocycles. The largest absolute Gasteiger partial charge is 0.318 e. The maximum Gasteiger partial charge on any atom is 0.260 e. The molecule has 3 rings (SSSR count). The van der Waals surface area contributed by atoms with E-state index < -0.39 is 22.5 Å². The van der Waals surface area contributed by atoms with Crippen molar-refractivity contribution in [2.45, 2.75) is 33.6 Å². The van der Waals surface area contributed by atoms with Gasteiger partial charge < -0.3 is 4.57 Å². The third kappa shape index (κ3) is 5.91. The molecular formula is C25H29FN4O3S. The fraction of sp³-hybridized carbons (Fsp3) is 0.280. The van der Waals surface area contributed by atoms with E-state index in [1.807, 2.05) is 50.5 Å². The van der Waals surface area contributed by atoms with Crippen LogP contribution in [0, 0.1) is 19.7 Å². The predicted molar refractivity (Wildman–Crippen MR) is 134 cm³/mol. The molecule has 2 aromatic carbocycles. The molecule has 3 aromatic rings. The second-order valence-electron chi connectivity index (χ2n) is 8.45. The average Bonchev–Trinajstić information content (AvgIpc) is 3.05. The summed E-state index contributed by atoms with van der Waals surface area (Å²) in [5.41, 5.74) is 7.26. The monoisotopic (exact) mass is 484 g/mol. The van der Waals surface area contributed by atoms with Crippen LogP contribution in [0.4, 0.5) is 10.1 Å². The molecule has 180 valence electrons. The number of nitrogens with zero attached hydrogens (tertiary/aromatic N) is 3. The van der Waals surface area contributed by atoms with Gasteiger partial charge in [-0.1, -0.05) is 26.0 Å². The van der Waals surface area contributed by atoms with E-state index in [0.29, 0.717) is 11.6 Å². The zero-order chi connectivity index (χ0) is 25.0. The number of anilines is 1. The van der Waals surface area contributed by atoms with Crippen LogP contribution in [0.5, 0.6) is 0 Å². The van der Waals surface area contributed by atoms with Crippen molar-refractivity contribution >= 4 is 27.8 Å². The van der Waals surface area contributed by atoms with Gasteiger partial charge in [-0.25, -0.2) is 18.2 Å². The molecule has 0 radical (unpaired) electrons. The Morgan fingerprint density at radius 2 is 1.74 bits per heavy atom. The van der Waals surface area contributed by atoms with Crippen LogP contribution in [0.2, 0.25) is 0 Å². The zero-order valence-corrected chi connectivity index (χ0v) is 20.7. The number of aromatic nitrogens is 1. The third-order valence-corrected chi connectivity index (χ3v) is 6.62. The van der Waals surface area contributed by atoms with E-state index in [1.165, 1.54) is 18.3 Å². The number of rotatable bonds is 8. The average molecular weight is 485 g/mol.